The Labute approximate surface area is 181 Å². The normalized spacial score (nSPS) is 17.4. The van der Waals surface area contributed by atoms with Crippen molar-refractivity contribution in [1.29, 1.82) is 0 Å². The molecule has 0 aliphatic carbocycles. The Morgan fingerprint density at radius 3 is 2.97 bits per heavy atom. The Hall–Kier alpha value is -3.12. The van der Waals surface area contributed by atoms with Crippen LogP contribution in [0.5, 0.6) is 0 Å². The van der Waals surface area contributed by atoms with E-state index < -0.39 is 0 Å². The molecule has 1 saturated heterocycles. The largest absolute Gasteiger partial charge is 0.463 e. The maximum Gasteiger partial charge on any atom is 0.268 e. The van der Waals surface area contributed by atoms with Gasteiger partial charge >= 0.3 is 0 Å². The van der Waals surface area contributed by atoms with Crippen molar-refractivity contribution in [2.45, 2.75) is 51.7 Å². The lowest BCUT2D eigenvalue weighted by molar-refractivity contribution is 0.0942. The lowest BCUT2D eigenvalue weighted by Gasteiger charge is -2.34. The summed E-state index contributed by atoms with van der Waals surface area (Å²) < 4.78 is 6.01. The molecule has 5 rings (SSSR count). The monoisotopic (exact) mass is 416 g/mol. The van der Waals surface area contributed by atoms with Gasteiger partial charge in [-0.05, 0) is 50.1 Å². The Balaban J connectivity index is 1.24. The predicted molar refractivity (Wildman–Crippen MR) is 122 cm³/mol. The van der Waals surface area contributed by atoms with E-state index in [1.807, 2.05) is 42.5 Å². The Kier molecular flexibility index (Phi) is 5.47. The molecule has 1 aliphatic rings. The molecule has 6 heteroatoms. The van der Waals surface area contributed by atoms with Gasteiger partial charge in [0.2, 0.25) is 0 Å². The Bertz CT molecular complexity index is 1210. The predicted octanol–water partition coefficient (Wildman–Crippen LogP) is 5.00. The first kappa shape index (κ1) is 19.8. The first-order valence-corrected chi connectivity index (χ1v) is 11.2. The van der Waals surface area contributed by atoms with E-state index in [0.29, 0.717) is 18.3 Å². The SMILES string of the molecule is CC[C@@H]1CCCCN1Cc1ccc(CNC(=O)c2cc3ccc4cccnc4c3[nH]2)o1. The third-order valence-electron chi connectivity index (χ3n) is 6.33. The van der Waals surface area contributed by atoms with E-state index >= 15 is 0 Å². The number of hydrogen-bond donors (Lipinski definition) is 2. The van der Waals surface area contributed by atoms with Crippen molar-refractivity contribution < 1.29 is 9.21 Å². The number of piperidine rings is 1. The molecule has 3 aromatic heterocycles. The minimum atomic E-state index is -0.152. The second-order valence-corrected chi connectivity index (χ2v) is 8.37. The topological polar surface area (TPSA) is 74.2 Å². The molecule has 1 aromatic carbocycles. The van der Waals surface area contributed by atoms with Crippen LogP contribution in [0.1, 0.15) is 54.6 Å². The molecule has 0 unspecified atom stereocenters. The number of aromatic nitrogens is 2. The Morgan fingerprint density at radius 2 is 2.06 bits per heavy atom. The lowest BCUT2D eigenvalue weighted by atomic mass is 10.00. The van der Waals surface area contributed by atoms with Gasteiger partial charge < -0.3 is 14.7 Å². The van der Waals surface area contributed by atoms with Crippen molar-refractivity contribution in [3.8, 4) is 0 Å². The molecule has 4 aromatic rings. The standard InChI is InChI=1S/C25H28N4O2/c1-2-19-7-3-4-13-29(19)16-21-11-10-20(31-21)15-27-25(30)22-14-18-9-8-17-6-5-12-26-23(17)24(18)28-22/h5-6,8-12,14,19,28H,2-4,7,13,15-16H2,1H3,(H,27,30)/t19-/m1/s1. The summed E-state index contributed by atoms with van der Waals surface area (Å²) in [5.41, 5.74) is 2.28. The molecule has 31 heavy (non-hydrogen) atoms. The van der Waals surface area contributed by atoms with E-state index in [2.05, 4.69) is 27.1 Å². The van der Waals surface area contributed by atoms with Crippen molar-refractivity contribution in [3.05, 3.63) is 65.9 Å². The van der Waals surface area contributed by atoms with Gasteiger partial charge in [-0.25, -0.2) is 0 Å². The highest BCUT2D eigenvalue weighted by Gasteiger charge is 2.22. The second kappa shape index (κ2) is 8.55. The third-order valence-corrected chi connectivity index (χ3v) is 6.33. The fourth-order valence-electron chi connectivity index (χ4n) is 4.66. The van der Waals surface area contributed by atoms with E-state index in [1.165, 1.54) is 25.7 Å². The number of carbonyl (C=O) groups is 1. The van der Waals surface area contributed by atoms with Gasteiger partial charge in [0.05, 0.1) is 24.1 Å². The number of furan rings is 1. The molecule has 0 radical (unpaired) electrons. The van der Waals surface area contributed by atoms with Crippen LogP contribution in [0.4, 0.5) is 0 Å². The Morgan fingerprint density at radius 1 is 1.19 bits per heavy atom. The van der Waals surface area contributed by atoms with E-state index in [1.54, 1.807) is 6.20 Å². The highest BCUT2D eigenvalue weighted by molar-refractivity contribution is 6.07. The number of H-pyrrole nitrogens is 1. The van der Waals surface area contributed by atoms with Crippen LogP contribution in [0.2, 0.25) is 0 Å². The number of carbonyl (C=O) groups excluding carboxylic acids is 1. The number of benzene rings is 1. The van der Waals surface area contributed by atoms with Crippen molar-refractivity contribution in [1.82, 2.24) is 20.2 Å². The number of hydrogen-bond acceptors (Lipinski definition) is 4. The summed E-state index contributed by atoms with van der Waals surface area (Å²) in [5, 5.41) is 4.99. The van der Waals surface area contributed by atoms with Crippen LogP contribution in [-0.4, -0.2) is 33.4 Å². The minimum Gasteiger partial charge on any atom is -0.463 e. The van der Waals surface area contributed by atoms with Gasteiger partial charge in [0.1, 0.15) is 17.2 Å². The zero-order valence-corrected chi connectivity index (χ0v) is 17.9. The number of amides is 1. The average molecular weight is 417 g/mol. The molecule has 0 saturated carbocycles. The number of aromatic amines is 1. The fourth-order valence-corrected chi connectivity index (χ4v) is 4.66. The van der Waals surface area contributed by atoms with E-state index in [4.69, 9.17) is 4.42 Å². The van der Waals surface area contributed by atoms with Gasteiger partial charge in [-0.15, -0.1) is 0 Å². The third kappa shape index (κ3) is 4.08. The number of pyridine rings is 1. The van der Waals surface area contributed by atoms with Crippen molar-refractivity contribution in [2.24, 2.45) is 0 Å². The van der Waals surface area contributed by atoms with Gasteiger partial charge in [-0.3, -0.25) is 14.7 Å². The smallest absolute Gasteiger partial charge is 0.268 e. The zero-order valence-electron chi connectivity index (χ0n) is 17.9. The van der Waals surface area contributed by atoms with Crippen LogP contribution in [-0.2, 0) is 13.1 Å². The quantitative estimate of drug-likeness (QED) is 0.464. The van der Waals surface area contributed by atoms with E-state index in [9.17, 15) is 4.79 Å². The summed E-state index contributed by atoms with van der Waals surface area (Å²) in [6.45, 7) is 4.60. The first-order chi connectivity index (χ1) is 15.2. The molecule has 0 bridgehead atoms. The second-order valence-electron chi connectivity index (χ2n) is 8.37. The van der Waals surface area contributed by atoms with Crippen LogP contribution in [0.15, 0.2) is 53.1 Å². The molecular weight excluding hydrogens is 388 g/mol. The first-order valence-electron chi connectivity index (χ1n) is 11.2. The van der Waals surface area contributed by atoms with Gasteiger partial charge in [0.25, 0.3) is 5.91 Å². The van der Waals surface area contributed by atoms with Crippen LogP contribution in [0.3, 0.4) is 0 Å². The number of nitrogens with zero attached hydrogens (tertiary/aromatic N) is 2. The highest BCUT2D eigenvalue weighted by atomic mass is 16.3. The maximum atomic E-state index is 12.7. The zero-order chi connectivity index (χ0) is 21.2. The van der Waals surface area contributed by atoms with Crippen LogP contribution in [0, 0.1) is 0 Å². The van der Waals surface area contributed by atoms with Crippen molar-refractivity contribution >= 4 is 27.7 Å². The molecule has 0 spiro atoms. The highest BCUT2D eigenvalue weighted by Crippen LogP contribution is 2.24. The molecule has 1 fully saturated rings. The summed E-state index contributed by atoms with van der Waals surface area (Å²) in [6.07, 6.45) is 6.80. The van der Waals surface area contributed by atoms with Crippen LogP contribution < -0.4 is 5.32 Å². The number of nitrogens with one attached hydrogen (secondary N) is 2. The van der Waals surface area contributed by atoms with E-state index in [0.717, 1.165) is 46.4 Å². The average Bonchev–Trinajstić information content (AvgIpc) is 3.45. The number of fused-ring (bicyclic) bond motifs is 3. The van der Waals surface area contributed by atoms with Gasteiger partial charge in [-0.1, -0.05) is 31.5 Å². The molecule has 1 atom stereocenters. The molecule has 2 N–H and O–H groups in total. The van der Waals surface area contributed by atoms with Crippen LogP contribution in [0.25, 0.3) is 21.8 Å². The molecular formula is C25H28N4O2. The van der Waals surface area contributed by atoms with Gasteiger partial charge in [0.15, 0.2) is 0 Å². The molecule has 1 aliphatic heterocycles. The van der Waals surface area contributed by atoms with Crippen LogP contribution >= 0.6 is 0 Å². The molecule has 1 amide bonds. The van der Waals surface area contributed by atoms with Crippen molar-refractivity contribution in [2.75, 3.05) is 6.54 Å². The summed E-state index contributed by atoms with van der Waals surface area (Å²) in [7, 11) is 0. The summed E-state index contributed by atoms with van der Waals surface area (Å²) in [5.74, 6) is 1.59. The number of rotatable bonds is 6. The van der Waals surface area contributed by atoms with Gasteiger partial charge in [-0.2, -0.15) is 0 Å². The summed E-state index contributed by atoms with van der Waals surface area (Å²) in [6, 6.07) is 14.5. The minimum absolute atomic E-state index is 0.152. The summed E-state index contributed by atoms with van der Waals surface area (Å²) in [4.78, 5) is 22.9. The van der Waals surface area contributed by atoms with Crippen molar-refractivity contribution in [3.63, 3.8) is 0 Å². The summed E-state index contributed by atoms with van der Waals surface area (Å²) >= 11 is 0. The van der Waals surface area contributed by atoms with E-state index in [-0.39, 0.29) is 5.91 Å². The maximum absolute atomic E-state index is 12.7. The fraction of sp³-hybridized carbons (Fsp3) is 0.360. The molecule has 160 valence electrons. The van der Waals surface area contributed by atoms with Gasteiger partial charge in [0, 0.05) is 23.0 Å². The molecule has 4 heterocycles. The number of likely N-dealkylation sites (tertiary alicyclic amines) is 1. The molecule has 6 nitrogen and oxygen atoms in total. The lowest BCUT2D eigenvalue weighted by Crippen LogP contribution is -2.38.